The number of carbonyl (C=O) groups is 1. The SMILES string of the molecule is Cc1ccc(C(=O)Nc2cc(-n3cnc(CCN4CCCC4)c3)cc(C(F)(F)F)c2)cc1-c1ccnnc1. The minimum Gasteiger partial charge on any atom is -0.322 e. The summed E-state index contributed by atoms with van der Waals surface area (Å²) in [4.78, 5) is 19.8. The molecule has 38 heavy (non-hydrogen) atoms. The van der Waals surface area contributed by atoms with Crippen molar-refractivity contribution in [2.45, 2.75) is 32.4 Å². The molecule has 1 N–H and O–H groups in total. The molecule has 0 saturated carbocycles. The lowest BCUT2D eigenvalue weighted by Gasteiger charge is -2.14. The lowest BCUT2D eigenvalue weighted by Crippen LogP contribution is -2.22. The predicted molar refractivity (Wildman–Crippen MR) is 138 cm³/mol. The number of likely N-dealkylation sites (tertiary alicyclic amines) is 1. The zero-order valence-corrected chi connectivity index (χ0v) is 20.9. The van der Waals surface area contributed by atoms with E-state index in [9.17, 15) is 18.0 Å². The summed E-state index contributed by atoms with van der Waals surface area (Å²) >= 11 is 0. The van der Waals surface area contributed by atoms with Crippen LogP contribution in [-0.4, -0.2) is 50.2 Å². The zero-order chi connectivity index (χ0) is 26.7. The largest absolute Gasteiger partial charge is 0.416 e. The molecule has 1 saturated heterocycles. The number of alkyl halides is 3. The molecule has 1 aliphatic rings. The van der Waals surface area contributed by atoms with Gasteiger partial charge < -0.3 is 14.8 Å². The molecule has 1 amide bonds. The van der Waals surface area contributed by atoms with Crippen molar-refractivity contribution in [3.05, 3.63) is 89.8 Å². The third-order valence-electron chi connectivity index (χ3n) is 6.72. The highest BCUT2D eigenvalue weighted by Crippen LogP contribution is 2.33. The Labute approximate surface area is 218 Å². The van der Waals surface area contributed by atoms with E-state index in [4.69, 9.17) is 0 Å². The highest BCUT2D eigenvalue weighted by Gasteiger charge is 2.31. The van der Waals surface area contributed by atoms with Gasteiger partial charge in [0.1, 0.15) is 0 Å². The standard InChI is InChI=1S/C28H27F3N6O/c1-19-4-5-20(12-26(19)21-6-8-33-34-16-21)27(38)35-24-13-22(28(29,30)31)14-25(15-24)37-17-23(32-18-37)7-11-36-9-2-3-10-36/h4-6,8,12-18H,2-3,7,9-11H2,1H3,(H,35,38). The number of halogens is 3. The smallest absolute Gasteiger partial charge is 0.322 e. The summed E-state index contributed by atoms with van der Waals surface area (Å²) < 4.78 is 42.8. The summed E-state index contributed by atoms with van der Waals surface area (Å²) in [6.07, 6.45) is 4.92. The molecular weight excluding hydrogens is 493 g/mol. The van der Waals surface area contributed by atoms with Crippen LogP contribution in [0.5, 0.6) is 0 Å². The van der Waals surface area contributed by atoms with E-state index >= 15 is 0 Å². The van der Waals surface area contributed by atoms with Gasteiger partial charge in [-0.3, -0.25) is 4.79 Å². The van der Waals surface area contributed by atoms with Gasteiger partial charge in [0, 0.05) is 41.7 Å². The van der Waals surface area contributed by atoms with Crippen LogP contribution in [0.3, 0.4) is 0 Å². The second-order valence-corrected chi connectivity index (χ2v) is 9.45. The van der Waals surface area contributed by atoms with Crippen molar-refractivity contribution < 1.29 is 18.0 Å². The Morgan fingerprint density at radius 2 is 1.87 bits per heavy atom. The van der Waals surface area contributed by atoms with Crippen LogP contribution in [0.1, 0.15) is 40.0 Å². The molecule has 196 valence electrons. The summed E-state index contributed by atoms with van der Waals surface area (Å²) in [5.74, 6) is -0.518. The van der Waals surface area contributed by atoms with E-state index in [0.29, 0.717) is 5.56 Å². The fourth-order valence-corrected chi connectivity index (χ4v) is 4.64. The highest BCUT2D eigenvalue weighted by molar-refractivity contribution is 6.05. The van der Waals surface area contributed by atoms with Crippen LogP contribution in [0.2, 0.25) is 0 Å². The first-order valence-corrected chi connectivity index (χ1v) is 12.4. The normalized spacial score (nSPS) is 14.1. The Morgan fingerprint density at radius 1 is 1.05 bits per heavy atom. The molecule has 0 radical (unpaired) electrons. The Hall–Kier alpha value is -4.05. The molecule has 0 bridgehead atoms. The second kappa shape index (κ2) is 10.7. The van der Waals surface area contributed by atoms with Crippen LogP contribution in [0.15, 0.2) is 67.4 Å². The number of carbonyl (C=O) groups excluding carboxylic acids is 1. The van der Waals surface area contributed by atoms with Gasteiger partial charge in [-0.1, -0.05) is 6.07 Å². The van der Waals surface area contributed by atoms with Crippen molar-refractivity contribution in [1.82, 2.24) is 24.6 Å². The first-order chi connectivity index (χ1) is 18.3. The Balaban J connectivity index is 1.39. The topological polar surface area (TPSA) is 75.9 Å². The van der Waals surface area contributed by atoms with Crippen LogP contribution < -0.4 is 5.32 Å². The Morgan fingerprint density at radius 3 is 2.61 bits per heavy atom. The van der Waals surface area contributed by atoms with Crippen molar-refractivity contribution in [2.24, 2.45) is 0 Å². The lowest BCUT2D eigenvalue weighted by molar-refractivity contribution is -0.137. The predicted octanol–water partition coefficient (Wildman–Crippen LogP) is 5.55. The van der Waals surface area contributed by atoms with E-state index in [0.717, 1.165) is 60.6 Å². The van der Waals surface area contributed by atoms with E-state index < -0.39 is 17.6 Å². The monoisotopic (exact) mass is 520 g/mol. The number of rotatable bonds is 7. The number of imidazole rings is 1. The molecule has 1 aliphatic heterocycles. The van der Waals surface area contributed by atoms with Gasteiger partial charge in [0.15, 0.2) is 0 Å². The van der Waals surface area contributed by atoms with Gasteiger partial charge in [-0.15, -0.1) is 0 Å². The van der Waals surface area contributed by atoms with E-state index in [1.54, 1.807) is 47.4 Å². The summed E-state index contributed by atoms with van der Waals surface area (Å²) in [6.45, 7) is 4.91. The Bertz CT molecular complexity index is 1430. The van der Waals surface area contributed by atoms with E-state index in [1.807, 2.05) is 6.92 Å². The lowest BCUT2D eigenvalue weighted by atomic mass is 9.99. The molecule has 2 aromatic heterocycles. The van der Waals surface area contributed by atoms with Crippen molar-refractivity contribution in [3.8, 4) is 16.8 Å². The van der Waals surface area contributed by atoms with Crippen LogP contribution in [-0.2, 0) is 12.6 Å². The van der Waals surface area contributed by atoms with Gasteiger partial charge in [-0.05, 0) is 80.4 Å². The van der Waals surface area contributed by atoms with E-state index in [1.165, 1.54) is 25.2 Å². The van der Waals surface area contributed by atoms with Gasteiger partial charge in [0.2, 0.25) is 0 Å². The number of benzene rings is 2. The van der Waals surface area contributed by atoms with Gasteiger partial charge in [0.05, 0.1) is 30.0 Å². The summed E-state index contributed by atoms with van der Waals surface area (Å²) in [7, 11) is 0. The number of aryl methyl sites for hydroxylation is 1. The van der Waals surface area contributed by atoms with Crippen molar-refractivity contribution in [3.63, 3.8) is 0 Å². The minimum atomic E-state index is -4.58. The third-order valence-corrected chi connectivity index (χ3v) is 6.72. The van der Waals surface area contributed by atoms with Crippen LogP contribution in [0, 0.1) is 6.92 Å². The van der Waals surface area contributed by atoms with Gasteiger partial charge in [-0.2, -0.15) is 23.4 Å². The number of nitrogens with zero attached hydrogens (tertiary/aromatic N) is 5. The molecule has 2 aromatic carbocycles. The number of hydrogen-bond acceptors (Lipinski definition) is 5. The molecular formula is C28H27F3N6O. The number of hydrogen-bond donors (Lipinski definition) is 1. The van der Waals surface area contributed by atoms with Gasteiger partial charge in [0.25, 0.3) is 5.91 Å². The molecule has 0 atom stereocenters. The fraction of sp³-hybridized carbons (Fsp3) is 0.286. The maximum atomic E-state index is 13.8. The first-order valence-electron chi connectivity index (χ1n) is 12.4. The zero-order valence-electron chi connectivity index (χ0n) is 20.9. The number of nitrogens with one attached hydrogen (secondary N) is 1. The molecule has 0 aliphatic carbocycles. The second-order valence-electron chi connectivity index (χ2n) is 9.45. The maximum Gasteiger partial charge on any atom is 0.416 e. The van der Waals surface area contributed by atoms with Crippen molar-refractivity contribution in [2.75, 3.05) is 25.0 Å². The molecule has 3 heterocycles. The molecule has 0 unspecified atom stereocenters. The molecule has 0 spiro atoms. The van der Waals surface area contributed by atoms with Crippen molar-refractivity contribution in [1.29, 1.82) is 0 Å². The summed E-state index contributed by atoms with van der Waals surface area (Å²) in [5.41, 5.74) is 3.07. The number of aromatic nitrogens is 4. The molecule has 10 heteroatoms. The number of amides is 1. The first kappa shape index (κ1) is 25.6. The molecule has 5 rings (SSSR count). The van der Waals surface area contributed by atoms with Crippen LogP contribution in [0.25, 0.3) is 16.8 Å². The van der Waals surface area contributed by atoms with Crippen molar-refractivity contribution >= 4 is 11.6 Å². The van der Waals surface area contributed by atoms with Gasteiger partial charge >= 0.3 is 6.18 Å². The van der Waals surface area contributed by atoms with E-state index in [-0.39, 0.29) is 11.4 Å². The average Bonchev–Trinajstić information content (AvgIpc) is 3.60. The van der Waals surface area contributed by atoms with Crippen LogP contribution in [0.4, 0.5) is 18.9 Å². The number of anilines is 1. The highest BCUT2D eigenvalue weighted by atomic mass is 19.4. The van der Waals surface area contributed by atoms with Crippen LogP contribution >= 0.6 is 0 Å². The third kappa shape index (κ3) is 5.91. The minimum absolute atomic E-state index is 0.0415. The Kier molecular flexibility index (Phi) is 7.24. The molecule has 4 aromatic rings. The maximum absolute atomic E-state index is 13.8. The quantitative estimate of drug-likeness (QED) is 0.346. The summed E-state index contributed by atoms with van der Waals surface area (Å²) in [6, 6.07) is 10.4. The fourth-order valence-electron chi connectivity index (χ4n) is 4.64. The average molecular weight is 521 g/mol. The molecule has 7 nitrogen and oxygen atoms in total. The van der Waals surface area contributed by atoms with E-state index in [2.05, 4.69) is 25.4 Å². The molecule has 1 fully saturated rings. The summed E-state index contributed by atoms with van der Waals surface area (Å²) in [5, 5.41) is 10.3. The van der Waals surface area contributed by atoms with Gasteiger partial charge in [-0.25, -0.2) is 4.98 Å².